The highest BCUT2D eigenvalue weighted by Crippen LogP contribution is 2.30. The zero-order chi connectivity index (χ0) is 19.9. The molecule has 1 aromatic rings. The van der Waals surface area contributed by atoms with Crippen LogP contribution in [0.2, 0.25) is 0 Å². The van der Waals surface area contributed by atoms with Gasteiger partial charge in [-0.15, -0.1) is 0 Å². The number of nitrogens with one attached hydrogen (secondary N) is 2. The molecule has 0 radical (unpaired) electrons. The summed E-state index contributed by atoms with van der Waals surface area (Å²) in [6, 6.07) is 4.65. The molecule has 1 amide bonds. The van der Waals surface area contributed by atoms with Crippen molar-refractivity contribution in [3.63, 3.8) is 0 Å². The molecule has 1 aromatic carbocycles. The largest absolute Gasteiger partial charge is 0.495 e. The average Bonchev–Trinajstić information content (AvgIpc) is 2.65. The number of carbonyl (C=O) groups excluding carboxylic acids is 1. The van der Waals surface area contributed by atoms with Crippen molar-refractivity contribution in [3.05, 3.63) is 18.2 Å². The molecule has 0 saturated carbocycles. The van der Waals surface area contributed by atoms with E-state index in [0.29, 0.717) is 32.0 Å². The molecule has 0 unspecified atom stereocenters. The first-order valence-electron chi connectivity index (χ1n) is 9.01. The topological polar surface area (TPSA) is 106 Å². The lowest BCUT2D eigenvalue weighted by Gasteiger charge is -2.26. The molecular formula is C17H30N4O5S+2. The molecule has 27 heavy (non-hydrogen) atoms. The van der Waals surface area contributed by atoms with Crippen LogP contribution in [0.4, 0.5) is 5.69 Å². The van der Waals surface area contributed by atoms with Crippen molar-refractivity contribution >= 4 is 21.6 Å². The van der Waals surface area contributed by atoms with Crippen LogP contribution in [0.3, 0.4) is 0 Å². The van der Waals surface area contributed by atoms with E-state index in [1.807, 2.05) is 5.32 Å². The van der Waals surface area contributed by atoms with Crippen molar-refractivity contribution in [3.8, 4) is 5.75 Å². The molecule has 1 aliphatic heterocycles. The number of hydrogen-bond donors (Lipinski definition) is 3. The van der Waals surface area contributed by atoms with E-state index in [0.717, 1.165) is 13.1 Å². The Kier molecular flexibility index (Phi) is 7.99. The summed E-state index contributed by atoms with van der Waals surface area (Å²) in [5.74, 6) is 0.0728. The number of quaternary nitrogens is 2. The molecule has 152 valence electrons. The molecule has 0 bridgehead atoms. The normalized spacial score (nSPS) is 15.7. The first-order valence-corrected chi connectivity index (χ1v) is 10.4. The number of likely N-dealkylation sites (N-methyl/N-ethyl adjacent to an activating group) is 1. The van der Waals surface area contributed by atoms with Gasteiger partial charge in [-0.3, -0.25) is 4.79 Å². The van der Waals surface area contributed by atoms with Crippen molar-refractivity contribution in [2.75, 3.05) is 72.5 Å². The Hall–Kier alpha value is -1.72. The average molecular weight is 403 g/mol. The van der Waals surface area contributed by atoms with E-state index >= 15 is 0 Å². The number of anilines is 1. The van der Waals surface area contributed by atoms with E-state index in [4.69, 9.17) is 9.47 Å². The summed E-state index contributed by atoms with van der Waals surface area (Å²) in [5.41, 5.74) is 0.430. The van der Waals surface area contributed by atoms with E-state index in [1.165, 1.54) is 22.4 Å². The quantitative estimate of drug-likeness (QED) is 0.392. The summed E-state index contributed by atoms with van der Waals surface area (Å²) in [7, 11) is 1.81. The summed E-state index contributed by atoms with van der Waals surface area (Å²) < 4.78 is 37.7. The van der Waals surface area contributed by atoms with E-state index in [1.54, 1.807) is 12.1 Å². The number of morpholine rings is 1. The molecule has 1 aliphatic rings. The lowest BCUT2D eigenvalue weighted by molar-refractivity contribution is -0.873. The van der Waals surface area contributed by atoms with Gasteiger partial charge in [0.25, 0.3) is 5.91 Å². The monoisotopic (exact) mass is 402 g/mol. The van der Waals surface area contributed by atoms with Crippen LogP contribution in [-0.2, 0) is 19.6 Å². The number of nitrogens with two attached hydrogens (primary N) is 1. The maximum absolute atomic E-state index is 12.9. The predicted molar refractivity (Wildman–Crippen MR) is 101 cm³/mol. The summed E-state index contributed by atoms with van der Waals surface area (Å²) in [6.07, 6.45) is 0. The van der Waals surface area contributed by atoms with Crippen molar-refractivity contribution in [1.82, 2.24) is 4.31 Å². The Morgan fingerprint density at radius 1 is 1.33 bits per heavy atom. The Labute approximate surface area is 160 Å². The number of methoxy groups -OCH3 is 1. The van der Waals surface area contributed by atoms with Gasteiger partial charge in [-0.1, -0.05) is 0 Å². The molecule has 1 heterocycles. The molecule has 0 spiro atoms. The maximum Gasteiger partial charge on any atom is 0.279 e. The van der Waals surface area contributed by atoms with Crippen LogP contribution >= 0.6 is 0 Å². The highest BCUT2D eigenvalue weighted by molar-refractivity contribution is 7.89. The minimum Gasteiger partial charge on any atom is -0.495 e. The van der Waals surface area contributed by atoms with Crippen LogP contribution in [0.1, 0.15) is 0 Å². The number of nitrogens with zero attached hydrogens (tertiary/aromatic N) is 1. The predicted octanol–water partition coefficient (Wildman–Crippen LogP) is -2.64. The van der Waals surface area contributed by atoms with E-state index < -0.39 is 10.0 Å². The van der Waals surface area contributed by atoms with Crippen molar-refractivity contribution in [1.29, 1.82) is 0 Å². The standard InChI is InChI=1S/C17H28N4O5S/c1-20(2)7-6-18-13-17(22)19-14-4-5-15(25-3)16(12-14)27(23,24)21-8-10-26-11-9-21/h4-5,12,18H,6-11,13H2,1-3H3,(H,19,22)/p+2. The first-order chi connectivity index (χ1) is 12.8. The Morgan fingerprint density at radius 2 is 2.04 bits per heavy atom. The number of hydrogen-bond acceptors (Lipinski definition) is 5. The van der Waals surface area contributed by atoms with E-state index in [-0.39, 0.29) is 23.1 Å². The molecule has 0 aliphatic carbocycles. The van der Waals surface area contributed by atoms with Gasteiger partial charge in [0.1, 0.15) is 23.7 Å². The number of carbonyl (C=O) groups is 1. The van der Waals surface area contributed by atoms with Crippen LogP contribution in [0.15, 0.2) is 23.1 Å². The number of sulfonamides is 1. The third-order valence-electron chi connectivity index (χ3n) is 4.21. The number of benzene rings is 1. The van der Waals surface area contributed by atoms with E-state index in [2.05, 4.69) is 19.4 Å². The summed E-state index contributed by atoms with van der Waals surface area (Å²) in [4.78, 5) is 13.5. The van der Waals surface area contributed by atoms with Gasteiger partial charge in [0.2, 0.25) is 10.0 Å². The molecule has 10 heteroatoms. The summed E-state index contributed by atoms with van der Waals surface area (Å²) in [5, 5.41) is 4.68. The maximum atomic E-state index is 12.9. The number of ether oxygens (including phenoxy) is 2. The molecule has 1 fully saturated rings. The third kappa shape index (κ3) is 6.15. The van der Waals surface area contributed by atoms with Gasteiger partial charge in [0.15, 0.2) is 6.54 Å². The van der Waals surface area contributed by atoms with Gasteiger partial charge in [0.05, 0.1) is 34.4 Å². The highest BCUT2D eigenvalue weighted by atomic mass is 32.2. The number of amides is 1. The first kappa shape index (κ1) is 21.6. The smallest absolute Gasteiger partial charge is 0.279 e. The lowest BCUT2D eigenvalue weighted by atomic mass is 10.3. The van der Waals surface area contributed by atoms with Gasteiger partial charge in [-0.25, -0.2) is 8.42 Å². The van der Waals surface area contributed by atoms with Crippen molar-refractivity contribution < 1.29 is 32.9 Å². The van der Waals surface area contributed by atoms with Gasteiger partial charge in [-0.2, -0.15) is 4.31 Å². The van der Waals surface area contributed by atoms with Crippen LogP contribution in [0.25, 0.3) is 0 Å². The Morgan fingerprint density at radius 3 is 2.67 bits per heavy atom. The lowest BCUT2D eigenvalue weighted by Crippen LogP contribution is -3.09. The van der Waals surface area contributed by atoms with E-state index in [9.17, 15) is 13.2 Å². The van der Waals surface area contributed by atoms with Gasteiger partial charge in [-0.05, 0) is 18.2 Å². The minimum atomic E-state index is -3.73. The molecule has 1 saturated heterocycles. The minimum absolute atomic E-state index is 0.0462. The third-order valence-corrected chi connectivity index (χ3v) is 6.13. The Bertz CT molecular complexity index is 733. The highest BCUT2D eigenvalue weighted by Gasteiger charge is 2.29. The molecular weight excluding hydrogens is 372 g/mol. The van der Waals surface area contributed by atoms with Crippen LogP contribution in [0, 0.1) is 0 Å². The molecule has 9 nitrogen and oxygen atoms in total. The number of rotatable bonds is 9. The zero-order valence-corrected chi connectivity index (χ0v) is 17.0. The van der Waals surface area contributed by atoms with Gasteiger partial charge in [0, 0.05) is 18.8 Å². The molecule has 2 rings (SSSR count). The molecule has 4 N–H and O–H groups in total. The molecule has 0 aromatic heterocycles. The second-order valence-electron chi connectivity index (χ2n) is 6.67. The van der Waals surface area contributed by atoms with Crippen molar-refractivity contribution in [2.45, 2.75) is 4.90 Å². The second kappa shape index (κ2) is 10.00. The fraction of sp³-hybridized carbons (Fsp3) is 0.588. The van der Waals surface area contributed by atoms with Crippen LogP contribution < -0.4 is 20.3 Å². The van der Waals surface area contributed by atoms with Gasteiger partial charge < -0.3 is 25.0 Å². The van der Waals surface area contributed by atoms with Crippen LogP contribution in [-0.4, -0.2) is 85.8 Å². The zero-order valence-electron chi connectivity index (χ0n) is 16.2. The molecule has 0 atom stereocenters. The van der Waals surface area contributed by atoms with Crippen LogP contribution in [0.5, 0.6) is 5.75 Å². The fourth-order valence-electron chi connectivity index (χ4n) is 2.72. The second-order valence-corrected chi connectivity index (χ2v) is 8.58. The summed E-state index contributed by atoms with van der Waals surface area (Å²) in [6.45, 7) is 3.40. The summed E-state index contributed by atoms with van der Waals surface area (Å²) >= 11 is 0. The Balaban J connectivity index is 2.09. The van der Waals surface area contributed by atoms with Crippen molar-refractivity contribution in [2.24, 2.45) is 0 Å². The van der Waals surface area contributed by atoms with Gasteiger partial charge >= 0.3 is 0 Å². The fourth-order valence-corrected chi connectivity index (χ4v) is 4.31. The SMILES string of the molecule is COc1ccc(NC(=O)C[NH2+]CC[NH+](C)C)cc1S(=O)(=O)N1CCOCC1.